The van der Waals surface area contributed by atoms with Gasteiger partial charge in [-0.25, -0.2) is 9.97 Å². The van der Waals surface area contributed by atoms with E-state index in [2.05, 4.69) is 147 Å². The van der Waals surface area contributed by atoms with E-state index in [1.54, 1.807) is 11.3 Å². The van der Waals surface area contributed by atoms with Crippen molar-refractivity contribution in [3.05, 3.63) is 145 Å². The number of hydrogen-bond acceptors (Lipinski definition) is 3. The van der Waals surface area contributed by atoms with Crippen LogP contribution in [0.1, 0.15) is 25.0 Å². The molecule has 2 nitrogen and oxygen atoms in total. The second kappa shape index (κ2) is 9.44. The number of hydrogen-bond donors (Lipinski definition) is 0. The summed E-state index contributed by atoms with van der Waals surface area (Å²) < 4.78 is 2.36. The molecule has 0 unspecified atom stereocenters. The molecule has 0 atom stereocenters. The lowest BCUT2D eigenvalue weighted by Crippen LogP contribution is -2.14. The van der Waals surface area contributed by atoms with Gasteiger partial charge in [-0.2, -0.15) is 0 Å². The lowest BCUT2D eigenvalue weighted by molar-refractivity contribution is 0.661. The highest BCUT2D eigenvalue weighted by Crippen LogP contribution is 2.50. The molecule has 0 saturated heterocycles. The van der Waals surface area contributed by atoms with Crippen molar-refractivity contribution in [1.82, 2.24) is 9.97 Å². The van der Waals surface area contributed by atoms with Crippen LogP contribution in [0.25, 0.3) is 76.0 Å². The number of nitrogens with zero attached hydrogens (tertiary/aromatic N) is 2. The molecule has 44 heavy (non-hydrogen) atoms. The van der Waals surface area contributed by atoms with E-state index in [1.165, 1.54) is 54.2 Å². The maximum Gasteiger partial charge on any atom is 0.160 e. The summed E-state index contributed by atoms with van der Waals surface area (Å²) >= 11 is 1.77. The Hall–Kier alpha value is -5.12. The molecule has 0 bridgehead atoms. The largest absolute Gasteiger partial charge is 0.226 e. The lowest BCUT2D eigenvalue weighted by atomic mass is 9.81. The maximum atomic E-state index is 5.22. The van der Waals surface area contributed by atoms with Crippen molar-refractivity contribution in [1.29, 1.82) is 0 Å². The predicted molar refractivity (Wildman–Crippen MR) is 186 cm³/mol. The molecule has 0 radical (unpaired) electrons. The van der Waals surface area contributed by atoms with Crippen molar-refractivity contribution < 1.29 is 0 Å². The van der Waals surface area contributed by atoms with E-state index in [0.29, 0.717) is 0 Å². The summed E-state index contributed by atoms with van der Waals surface area (Å²) in [7, 11) is 0. The van der Waals surface area contributed by atoms with Crippen LogP contribution in [0.5, 0.6) is 0 Å². The standard InChI is InChI=1S/C41H28N2S/c1-41(2)34-20-8-6-17-30(34)33-24-32-27(23-35(33)41)15-11-19-29(32)26-14-10-16-28(22-26)40-42-37(25-12-4-3-5-13-25)39-38(43-40)31-18-7-9-21-36(31)44-39/h3-24H,1-2H3. The molecule has 1 aliphatic carbocycles. The summed E-state index contributed by atoms with van der Waals surface area (Å²) in [6.45, 7) is 4.68. The molecule has 6 aromatic carbocycles. The van der Waals surface area contributed by atoms with Crippen LogP contribution in [0.15, 0.2) is 133 Å². The van der Waals surface area contributed by atoms with Crippen LogP contribution in [0, 0.1) is 0 Å². The van der Waals surface area contributed by atoms with Crippen LogP contribution in [-0.4, -0.2) is 9.97 Å². The fourth-order valence-corrected chi connectivity index (χ4v) is 8.22. The van der Waals surface area contributed by atoms with Gasteiger partial charge in [-0.05, 0) is 68.4 Å². The molecule has 3 heteroatoms. The number of thiophene rings is 1. The first-order valence-electron chi connectivity index (χ1n) is 15.1. The first-order valence-corrected chi connectivity index (χ1v) is 15.9. The van der Waals surface area contributed by atoms with Crippen LogP contribution in [-0.2, 0) is 5.41 Å². The van der Waals surface area contributed by atoms with Crippen LogP contribution < -0.4 is 0 Å². The fraction of sp³-hybridized carbons (Fsp3) is 0.0732. The third-order valence-electron chi connectivity index (χ3n) is 9.28. The summed E-state index contributed by atoms with van der Waals surface area (Å²) in [5, 5.41) is 3.71. The lowest BCUT2D eigenvalue weighted by Gasteiger charge is -2.22. The first-order chi connectivity index (χ1) is 21.6. The average Bonchev–Trinajstić information content (AvgIpc) is 3.56. The van der Waals surface area contributed by atoms with Crippen molar-refractivity contribution in [2.24, 2.45) is 0 Å². The van der Waals surface area contributed by atoms with E-state index in [0.717, 1.165) is 32.9 Å². The zero-order valence-corrected chi connectivity index (χ0v) is 25.3. The smallest absolute Gasteiger partial charge is 0.160 e. The number of aromatic nitrogens is 2. The molecular weight excluding hydrogens is 553 g/mol. The first kappa shape index (κ1) is 25.4. The number of benzene rings is 6. The van der Waals surface area contributed by atoms with Gasteiger partial charge in [0.15, 0.2) is 5.82 Å². The highest BCUT2D eigenvalue weighted by molar-refractivity contribution is 7.26. The van der Waals surface area contributed by atoms with Crippen LogP contribution in [0.3, 0.4) is 0 Å². The topological polar surface area (TPSA) is 25.8 Å². The quantitative estimate of drug-likeness (QED) is 0.208. The van der Waals surface area contributed by atoms with Crippen molar-refractivity contribution in [3.8, 4) is 44.9 Å². The molecule has 1 aliphatic rings. The molecule has 8 aromatic rings. The second-order valence-corrected chi connectivity index (χ2v) is 13.3. The molecule has 0 aliphatic heterocycles. The van der Waals surface area contributed by atoms with Gasteiger partial charge < -0.3 is 0 Å². The summed E-state index contributed by atoms with van der Waals surface area (Å²) in [5.41, 5.74) is 12.0. The average molecular weight is 581 g/mol. The Morgan fingerprint density at radius 2 is 1.25 bits per heavy atom. The van der Waals surface area contributed by atoms with Gasteiger partial charge in [0.2, 0.25) is 0 Å². The SMILES string of the molecule is CC1(C)c2ccccc2-c2cc3c(-c4cccc(-c5nc(-c6ccccc6)c6sc7ccccc7c6n5)c4)cccc3cc21. The normalized spacial score (nSPS) is 13.4. The van der Waals surface area contributed by atoms with E-state index in [4.69, 9.17) is 9.97 Å². The highest BCUT2D eigenvalue weighted by atomic mass is 32.1. The minimum absolute atomic E-state index is 0.0195. The molecule has 9 rings (SSSR count). The third-order valence-corrected chi connectivity index (χ3v) is 10.4. The predicted octanol–water partition coefficient (Wildman–Crippen LogP) is 11.3. The summed E-state index contributed by atoms with van der Waals surface area (Å²) in [6, 6.07) is 48.1. The van der Waals surface area contributed by atoms with Gasteiger partial charge in [0.05, 0.1) is 15.9 Å². The minimum Gasteiger partial charge on any atom is -0.226 e. The number of rotatable bonds is 3. The van der Waals surface area contributed by atoms with Crippen LogP contribution in [0.2, 0.25) is 0 Å². The van der Waals surface area contributed by atoms with E-state index in [1.807, 2.05) is 0 Å². The Kier molecular flexibility index (Phi) is 5.45. The van der Waals surface area contributed by atoms with Crippen molar-refractivity contribution in [2.45, 2.75) is 19.3 Å². The number of fused-ring (bicyclic) bond motifs is 7. The maximum absolute atomic E-state index is 5.22. The van der Waals surface area contributed by atoms with E-state index < -0.39 is 0 Å². The summed E-state index contributed by atoms with van der Waals surface area (Å²) in [5.74, 6) is 0.749. The summed E-state index contributed by atoms with van der Waals surface area (Å²) in [6.07, 6.45) is 0. The monoisotopic (exact) mass is 580 g/mol. The van der Waals surface area contributed by atoms with Gasteiger partial charge >= 0.3 is 0 Å². The molecule has 208 valence electrons. The molecule has 0 saturated carbocycles. The Morgan fingerprint density at radius 3 is 2.16 bits per heavy atom. The molecule has 2 aromatic heterocycles. The molecule has 0 fully saturated rings. The Balaban J connectivity index is 1.24. The zero-order chi connectivity index (χ0) is 29.4. The highest BCUT2D eigenvalue weighted by Gasteiger charge is 2.35. The molecule has 0 spiro atoms. The van der Waals surface area contributed by atoms with E-state index >= 15 is 0 Å². The van der Waals surface area contributed by atoms with Gasteiger partial charge in [0, 0.05) is 26.6 Å². The van der Waals surface area contributed by atoms with Crippen LogP contribution >= 0.6 is 11.3 Å². The van der Waals surface area contributed by atoms with E-state index in [9.17, 15) is 0 Å². The zero-order valence-electron chi connectivity index (χ0n) is 24.5. The van der Waals surface area contributed by atoms with Crippen molar-refractivity contribution in [2.75, 3.05) is 0 Å². The van der Waals surface area contributed by atoms with Gasteiger partial charge in [-0.1, -0.05) is 123 Å². The van der Waals surface area contributed by atoms with Gasteiger partial charge in [0.1, 0.15) is 0 Å². The molecule has 0 N–H and O–H groups in total. The second-order valence-electron chi connectivity index (χ2n) is 12.2. The van der Waals surface area contributed by atoms with E-state index in [-0.39, 0.29) is 5.41 Å². The Bertz CT molecular complexity index is 2420. The summed E-state index contributed by atoms with van der Waals surface area (Å²) in [4.78, 5) is 10.4. The fourth-order valence-electron chi connectivity index (χ4n) is 7.06. The van der Waals surface area contributed by atoms with Crippen LogP contribution in [0.4, 0.5) is 0 Å². The molecule has 0 amide bonds. The van der Waals surface area contributed by atoms with Gasteiger partial charge in [-0.15, -0.1) is 11.3 Å². The molecular formula is C41H28N2S. The van der Waals surface area contributed by atoms with Crippen molar-refractivity contribution >= 4 is 42.4 Å². The minimum atomic E-state index is -0.0195. The Morgan fingerprint density at radius 1 is 0.523 bits per heavy atom. The Labute approximate surface area is 260 Å². The van der Waals surface area contributed by atoms with Crippen molar-refractivity contribution in [3.63, 3.8) is 0 Å². The third kappa shape index (κ3) is 3.73. The van der Waals surface area contributed by atoms with Gasteiger partial charge in [-0.3, -0.25) is 0 Å². The van der Waals surface area contributed by atoms with Gasteiger partial charge in [0.25, 0.3) is 0 Å². The molecule has 2 heterocycles.